The predicted molar refractivity (Wildman–Crippen MR) is 226 cm³/mol. The quantitative estimate of drug-likeness (QED) is 0.102. The van der Waals surface area contributed by atoms with Crippen LogP contribution in [0.2, 0.25) is 0 Å². The molecule has 5 rings (SSSR count). The minimum atomic E-state index is 0.625. The fourth-order valence-corrected chi connectivity index (χ4v) is 6.26. The number of benzene rings is 3. The number of rotatable bonds is 14. The number of aryl methyl sites for hydroxylation is 1. The molecule has 2 N–H and O–H groups in total. The number of hydrogen-bond donors (Lipinski definition) is 2. The van der Waals surface area contributed by atoms with E-state index in [1.54, 1.807) is 14.2 Å². The van der Waals surface area contributed by atoms with Gasteiger partial charge in [-0.2, -0.15) is 0 Å². The lowest BCUT2D eigenvalue weighted by Crippen LogP contribution is -2.51. The van der Waals surface area contributed by atoms with E-state index in [9.17, 15) is 0 Å². The smallest absolute Gasteiger partial charge is 0.206 e. The van der Waals surface area contributed by atoms with Crippen molar-refractivity contribution in [3.05, 3.63) is 90.5 Å². The van der Waals surface area contributed by atoms with E-state index in [0.29, 0.717) is 6.41 Å². The van der Waals surface area contributed by atoms with Crippen LogP contribution in [0.4, 0.5) is 22.7 Å². The maximum Gasteiger partial charge on any atom is 0.206 e. The van der Waals surface area contributed by atoms with Crippen molar-refractivity contribution in [2.24, 2.45) is 0 Å². The molecule has 2 saturated heterocycles. The number of alkyl halides is 1. The molecule has 10 heteroatoms. The normalized spacial score (nSPS) is 14.3. The maximum atomic E-state index is 9.06. The second kappa shape index (κ2) is 25.9. The van der Waals surface area contributed by atoms with Gasteiger partial charge in [-0.1, -0.05) is 39.0 Å². The van der Waals surface area contributed by atoms with Crippen LogP contribution in [0.5, 0.6) is 5.75 Å². The minimum Gasteiger partial charge on any atom is -0.497 e. The van der Waals surface area contributed by atoms with Gasteiger partial charge in [-0.05, 0) is 79.1 Å². The second-order valence-electron chi connectivity index (χ2n) is 12.4. The first kappa shape index (κ1) is 44.2. The third-order valence-electron chi connectivity index (χ3n) is 9.14. The summed E-state index contributed by atoms with van der Waals surface area (Å²) in [7, 11) is 5.25. The minimum absolute atomic E-state index is 0.625. The molecule has 0 atom stereocenters. The maximum absolute atomic E-state index is 9.06. The molecule has 2 aliphatic heterocycles. The van der Waals surface area contributed by atoms with Crippen molar-refractivity contribution in [2.45, 2.75) is 40.7 Å². The number of piperazine rings is 2. The lowest BCUT2D eigenvalue weighted by atomic mass is 10.1. The Hall–Kier alpha value is -3.92. The van der Waals surface area contributed by atoms with E-state index in [4.69, 9.17) is 21.1 Å². The SMILES string of the molecule is C=CCCN(Cc1ccc(OC)cc1)c1ccc(N2CCN(CCN3CCN(c4ccc(NC)cc4)CC3)CC2)cc1C.CC.CCCl.CNC=O. The van der Waals surface area contributed by atoms with Crippen LogP contribution >= 0.6 is 11.6 Å². The van der Waals surface area contributed by atoms with Gasteiger partial charge in [-0.25, -0.2) is 0 Å². The number of carbonyl (C=O) groups excluding carboxylic acids is 1. The molecule has 0 unspecified atom stereocenters. The molecule has 3 aromatic carbocycles. The van der Waals surface area contributed by atoms with Crippen LogP contribution in [0.25, 0.3) is 0 Å². The van der Waals surface area contributed by atoms with Gasteiger partial charge >= 0.3 is 0 Å². The molecule has 288 valence electrons. The summed E-state index contributed by atoms with van der Waals surface area (Å²) in [6, 6.07) is 24.2. The molecular formula is C42H66ClN7O2. The Balaban J connectivity index is 0.000000944. The molecule has 9 nitrogen and oxygen atoms in total. The zero-order chi connectivity index (χ0) is 38.1. The van der Waals surface area contributed by atoms with Crippen LogP contribution in [0.1, 0.15) is 38.3 Å². The summed E-state index contributed by atoms with van der Waals surface area (Å²) in [5.41, 5.74) is 7.75. The average molecular weight is 736 g/mol. The molecule has 52 heavy (non-hydrogen) atoms. The lowest BCUT2D eigenvalue weighted by Gasteiger charge is -2.39. The highest BCUT2D eigenvalue weighted by atomic mass is 35.5. The Morgan fingerprint density at radius 2 is 1.33 bits per heavy atom. The summed E-state index contributed by atoms with van der Waals surface area (Å²) in [4.78, 5) is 21.9. The van der Waals surface area contributed by atoms with Crippen LogP contribution in [0.15, 0.2) is 79.4 Å². The summed E-state index contributed by atoms with van der Waals surface area (Å²) in [5, 5.41) is 5.46. The van der Waals surface area contributed by atoms with E-state index >= 15 is 0 Å². The Morgan fingerprint density at radius 3 is 1.77 bits per heavy atom. The zero-order valence-corrected chi connectivity index (χ0v) is 33.8. The summed E-state index contributed by atoms with van der Waals surface area (Å²) in [6.45, 7) is 25.2. The Morgan fingerprint density at radius 1 is 0.827 bits per heavy atom. The van der Waals surface area contributed by atoms with Crippen LogP contribution in [0, 0.1) is 6.92 Å². The highest BCUT2D eigenvalue weighted by molar-refractivity contribution is 6.17. The second-order valence-corrected chi connectivity index (χ2v) is 13.0. The number of methoxy groups -OCH3 is 1. The number of nitrogens with one attached hydrogen (secondary N) is 2. The molecule has 2 aliphatic rings. The molecule has 0 saturated carbocycles. The van der Waals surface area contributed by atoms with E-state index in [1.807, 2.05) is 46.0 Å². The molecule has 0 bridgehead atoms. The third kappa shape index (κ3) is 15.0. The average Bonchev–Trinajstić information content (AvgIpc) is 3.20. The van der Waals surface area contributed by atoms with Crippen molar-refractivity contribution >= 4 is 40.8 Å². The van der Waals surface area contributed by atoms with Crippen molar-refractivity contribution < 1.29 is 9.53 Å². The van der Waals surface area contributed by atoms with Gasteiger partial charge in [-0.3, -0.25) is 14.6 Å². The van der Waals surface area contributed by atoms with Gasteiger partial charge in [0.15, 0.2) is 0 Å². The highest BCUT2D eigenvalue weighted by Gasteiger charge is 2.21. The van der Waals surface area contributed by atoms with Crippen molar-refractivity contribution in [1.82, 2.24) is 15.1 Å². The van der Waals surface area contributed by atoms with E-state index in [2.05, 4.69) is 103 Å². The first-order valence-electron chi connectivity index (χ1n) is 18.9. The summed E-state index contributed by atoms with van der Waals surface area (Å²) >= 11 is 5.00. The number of hydrogen-bond acceptors (Lipinski definition) is 8. The molecule has 2 heterocycles. The van der Waals surface area contributed by atoms with Gasteiger partial charge in [0.2, 0.25) is 6.41 Å². The largest absolute Gasteiger partial charge is 0.497 e. The number of amides is 1. The van der Waals surface area contributed by atoms with Crippen LogP contribution < -0.4 is 30.1 Å². The highest BCUT2D eigenvalue weighted by Crippen LogP contribution is 2.28. The van der Waals surface area contributed by atoms with Crippen molar-refractivity contribution in [2.75, 3.05) is 119 Å². The fraction of sp³-hybridized carbons (Fsp3) is 0.500. The standard InChI is InChI=1S/C36H50N6O.C2H5Cl.C2H5NO.C2H6/c1-5-6-17-42(29-31-7-14-35(43-4)15-8-31)36-16-13-34(28-30(36)2)41-26-22-39(23-27-41)19-18-38-20-24-40(25-21-38)33-11-9-32(37-3)10-12-33;1-2-3;1-3-2-4;1-2/h5,7-16,28,37H,1,6,17-27,29H2,2-4H3;2H2,1H3;2H,1H3,(H,3,4);1-2H3. The number of nitrogens with zero attached hydrogens (tertiary/aromatic N) is 5. The molecule has 1 amide bonds. The Bertz CT molecular complexity index is 1370. The topological polar surface area (TPSA) is 66.6 Å². The number of halogens is 1. The van der Waals surface area contributed by atoms with Crippen molar-refractivity contribution in [1.29, 1.82) is 0 Å². The van der Waals surface area contributed by atoms with E-state index in [1.165, 1.54) is 33.9 Å². The molecule has 3 aromatic rings. The van der Waals surface area contributed by atoms with Gasteiger partial charge < -0.3 is 30.1 Å². The van der Waals surface area contributed by atoms with Crippen molar-refractivity contribution in [3.63, 3.8) is 0 Å². The first-order valence-corrected chi connectivity index (χ1v) is 19.4. The monoisotopic (exact) mass is 735 g/mol. The van der Waals surface area contributed by atoms with Crippen LogP contribution in [-0.4, -0.2) is 115 Å². The predicted octanol–water partition coefficient (Wildman–Crippen LogP) is 7.21. The van der Waals surface area contributed by atoms with Gasteiger partial charge in [-0.15, -0.1) is 18.2 Å². The van der Waals surface area contributed by atoms with Gasteiger partial charge in [0.05, 0.1) is 7.11 Å². The van der Waals surface area contributed by atoms with Crippen LogP contribution in [0.3, 0.4) is 0 Å². The summed E-state index contributed by atoms with van der Waals surface area (Å²) in [5.74, 6) is 1.62. The number of ether oxygens (including phenoxy) is 1. The van der Waals surface area contributed by atoms with E-state index < -0.39 is 0 Å². The summed E-state index contributed by atoms with van der Waals surface area (Å²) in [6.07, 6.45) is 3.59. The van der Waals surface area contributed by atoms with Crippen molar-refractivity contribution in [3.8, 4) is 5.75 Å². The number of anilines is 4. The van der Waals surface area contributed by atoms with E-state index in [-0.39, 0.29) is 0 Å². The molecule has 0 radical (unpaired) electrons. The molecule has 0 aromatic heterocycles. The lowest BCUT2D eigenvalue weighted by molar-refractivity contribution is -0.109. The molecule has 2 fully saturated rings. The molecule has 0 aliphatic carbocycles. The van der Waals surface area contributed by atoms with E-state index in [0.717, 1.165) is 96.6 Å². The first-order chi connectivity index (χ1) is 25.4. The summed E-state index contributed by atoms with van der Waals surface area (Å²) < 4.78 is 5.34. The van der Waals surface area contributed by atoms with Crippen LogP contribution in [-0.2, 0) is 11.3 Å². The molecule has 0 spiro atoms. The fourth-order valence-electron chi connectivity index (χ4n) is 6.26. The van der Waals surface area contributed by atoms with Gasteiger partial charge in [0, 0.05) is 121 Å². The third-order valence-corrected chi connectivity index (χ3v) is 9.14. The zero-order valence-electron chi connectivity index (χ0n) is 33.0. The Kier molecular flexibility index (Phi) is 22.1. The van der Waals surface area contributed by atoms with Gasteiger partial charge in [0.1, 0.15) is 5.75 Å². The number of carbonyl (C=O) groups is 1. The molecular weight excluding hydrogens is 670 g/mol. The Labute approximate surface area is 320 Å². The van der Waals surface area contributed by atoms with Gasteiger partial charge in [0.25, 0.3) is 0 Å².